The first-order valence-corrected chi connectivity index (χ1v) is 11.4. The number of halogens is 1. The van der Waals surface area contributed by atoms with Crippen LogP contribution in [0.2, 0.25) is 0 Å². The van der Waals surface area contributed by atoms with Gasteiger partial charge in [-0.15, -0.1) is 0 Å². The Morgan fingerprint density at radius 1 is 1.00 bits per heavy atom. The van der Waals surface area contributed by atoms with Crippen LogP contribution in [0.4, 0.5) is 4.39 Å². The monoisotopic (exact) mass is 479 g/mol. The van der Waals surface area contributed by atoms with E-state index in [1.165, 1.54) is 12.1 Å². The molecule has 6 rings (SSSR count). The number of H-pyrrole nitrogens is 2. The summed E-state index contributed by atoms with van der Waals surface area (Å²) in [5.41, 5.74) is 7.63. The largest absolute Gasteiger partial charge is 0.508 e. The van der Waals surface area contributed by atoms with Gasteiger partial charge in [0.2, 0.25) is 0 Å². The number of nitrogens with one attached hydrogen (secondary N) is 2. The van der Waals surface area contributed by atoms with Crippen LogP contribution in [0.5, 0.6) is 5.75 Å². The van der Waals surface area contributed by atoms with Crippen molar-refractivity contribution in [1.82, 2.24) is 35.0 Å². The Balaban J connectivity index is 1.45. The molecule has 0 saturated carbocycles. The molecule has 178 valence electrons. The molecule has 8 nitrogen and oxygen atoms in total. The molecule has 0 spiro atoms. The number of pyridine rings is 3. The molecule has 0 aliphatic carbocycles. The van der Waals surface area contributed by atoms with Crippen molar-refractivity contribution in [3.05, 3.63) is 78.5 Å². The first-order chi connectivity index (χ1) is 17.4. The highest BCUT2D eigenvalue weighted by molar-refractivity contribution is 5.99. The number of aromatic hydroxyl groups is 1. The quantitative estimate of drug-likeness (QED) is 0.316. The lowest BCUT2D eigenvalue weighted by molar-refractivity contribution is 0.402. The maximum absolute atomic E-state index is 14.0. The molecule has 5 aromatic heterocycles. The second-order valence-corrected chi connectivity index (χ2v) is 8.99. The van der Waals surface area contributed by atoms with Gasteiger partial charge in [0.25, 0.3) is 0 Å². The van der Waals surface area contributed by atoms with Gasteiger partial charge in [0.05, 0.1) is 16.9 Å². The first kappa shape index (κ1) is 21.9. The molecule has 0 aliphatic heterocycles. The van der Waals surface area contributed by atoms with E-state index >= 15 is 0 Å². The Labute approximate surface area is 205 Å². The fourth-order valence-corrected chi connectivity index (χ4v) is 4.46. The summed E-state index contributed by atoms with van der Waals surface area (Å²) < 4.78 is 14.0. The number of nitrogens with zero attached hydrogens (tertiary/aromatic N) is 5. The Morgan fingerprint density at radius 2 is 1.89 bits per heavy atom. The Kier molecular flexibility index (Phi) is 5.19. The minimum atomic E-state index is -0.509. The van der Waals surface area contributed by atoms with Crippen LogP contribution in [0.25, 0.3) is 55.8 Å². The predicted molar refractivity (Wildman–Crippen MR) is 137 cm³/mol. The van der Waals surface area contributed by atoms with Gasteiger partial charge >= 0.3 is 0 Å². The topological polar surface area (TPSA) is 107 Å². The third-order valence-electron chi connectivity index (χ3n) is 5.98. The molecule has 0 saturated heterocycles. The van der Waals surface area contributed by atoms with Crippen LogP contribution in [0, 0.1) is 5.82 Å². The first-order valence-electron chi connectivity index (χ1n) is 11.4. The van der Waals surface area contributed by atoms with Crippen LogP contribution >= 0.6 is 0 Å². The molecular weight excluding hydrogens is 457 g/mol. The van der Waals surface area contributed by atoms with E-state index in [4.69, 9.17) is 4.98 Å². The summed E-state index contributed by atoms with van der Waals surface area (Å²) in [4.78, 5) is 19.1. The van der Waals surface area contributed by atoms with Crippen LogP contribution < -0.4 is 0 Å². The molecule has 0 amide bonds. The van der Waals surface area contributed by atoms with Gasteiger partial charge in [-0.1, -0.05) is 0 Å². The van der Waals surface area contributed by atoms with Crippen molar-refractivity contribution in [2.75, 3.05) is 14.1 Å². The summed E-state index contributed by atoms with van der Waals surface area (Å²) in [5.74, 6) is -0.644. The number of hydrogen-bond acceptors (Lipinski definition) is 6. The van der Waals surface area contributed by atoms with E-state index < -0.39 is 5.82 Å². The van der Waals surface area contributed by atoms with Crippen molar-refractivity contribution >= 4 is 22.1 Å². The smallest absolute Gasteiger partial charge is 0.138 e. The SMILES string of the molecule is CN(C)Cc1cncc(-c2ccc3[nH]nc(-c4cc5c(-c6cc(O)cc(F)c6)ccnc5[nH]4)c3n2)c1. The van der Waals surface area contributed by atoms with Crippen molar-refractivity contribution in [3.8, 4) is 39.5 Å². The van der Waals surface area contributed by atoms with Gasteiger partial charge in [-0.2, -0.15) is 5.10 Å². The molecule has 5 heterocycles. The zero-order valence-corrected chi connectivity index (χ0v) is 19.6. The van der Waals surface area contributed by atoms with Gasteiger partial charge in [0, 0.05) is 42.2 Å². The molecule has 36 heavy (non-hydrogen) atoms. The van der Waals surface area contributed by atoms with E-state index in [2.05, 4.69) is 36.1 Å². The van der Waals surface area contributed by atoms with Crippen molar-refractivity contribution in [1.29, 1.82) is 0 Å². The highest BCUT2D eigenvalue weighted by Gasteiger charge is 2.16. The summed E-state index contributed by atoms with van der Waals surface area (Å²) in [6.45, 7) is 0.785. The van der Waals surface area contributed by atoms with Gasteiger partial charge in [0.15, 0.2) is 0 Å². The molecule has 0 fully saturated rings. The van der Waals surface area contributed by atoms with Gasteiger partial charge in [-0.05, 0) is 73.3 Å². The summed E-state index contributed by atoms with van der Waals surface area (Å²) in [6.07, 6.45) is 5.31. The van der Waals surface area contributed by atoms with E-state index in [1.54, 1.807) is 18.5 Å². The molecule has 0 aliphatic rings. The third-order valence-corrected chi connectivity index (χ3v) is 5.98. The number of benzene rings is 1. The van der Waals surface area contributed by atoms with E-state index in [0.29, 0.717) is 22.4 Å². The number of phenolic OH excluding ortho intramolecular Hbond substituents is 1. The summed E-state index contributed by atoms with van der Waals surface area (Å²) >= 11 is 0. The number of hydrogen-bond donors (Lipinski definition) is 3. The van der Waals surface area contributed by atoms with E-state index in [-0.39, 0.29) is 5.75 Å². The van der Waals surface area contributed by atoms with Crippen LogP contribution in [0.15, 0.2) is 67.1 Å². The number of fused-ring (bicyclic) bond motifs is 2. The van der Waals surface area contributed by atoms with Crippen LogP contribution in [-0.4, -0.2) is 54.2 Å². The Hall–Kier alpha value is -4.63. The maximum Gasteiger partial charge on any atom is 0.138 e. The molecule has 3 N–H and O–H groups in total. The van der Waals surface area contributed by atoms with E-state index in [9.17, 15) is 9.50 Å². The average Bonchev–Trinajstić information content (AvgIpc) is 3.46. The molecule has 0 atom stereocenters. The maximum atomic E-state index is 14.0. The molecular formula is C27H22FN7O. The average molecular weight is 480 g/mol. The highest BCUT2D eigenvalue weighted by Crippen LogP contribution is 2.34. The molecule has 0 bridgehead atoms. The lowest BCUT2D eigenvalue weighted by Gasteiger charge is -2.10. The van der Waals surface area contributed by atoms with Crippen molar-refractivity contribution in [3.63, 3.8) is 0 Å². The van der Waals surface area contributed by atoms with E-state index in [1.807, 2.05) is 38.5 Å². The van der Waals surface area contributed by atoms with Crippen LogP contribution in [-0.2, 0) is 6.54 Å². The van der Waals surface area contributed by atoms with Gasteiger partial charge < -0.3 is 15.0 Å². The van der Waals surface area contributed by atoms with Crippen molar-refractivity contribution < 1.29 is 9.50 Å². The molecule has 0 unspecified atom stereocenters. The number of aromatic amines is 2. The highest BCUT2D eigenvalue weighted by atomic mass is 19.1. The Morgan fingerprint density at radius 3 is 2.72 bits per heavy atom. The fourth-order valence-electron chi connectivity index (χ4n) is 4.46. The summed E-state index contributed by atoms with van der Waals surface area (Å²) in [6, 6.07) is 13.7. The van der Waals surface area contributed by atoms with Crippen molar-refractivity contribution in [2.45, 2.75) is 6.54 Å². The van der Waals surface area contributed by atoms with Gasteiger partial charge in [-0.25, -0.2) is 14.4 Å². The minimum absolute atomic E-state index is 0.134. The van der Waals surface area contributed by atoms with Gasteiger partial charge in [0.1, 0.15) is 28.4 Å². The Bertz CT molecular complexity index is 1720. The zero-order chi connectivity index (χ0) is 24.8. The zero-order valence-electron chi connectivity index (χ0n) is 19.6. The van der Waals surface area contributed by atoms with Crippen LogP contribution in [0.1, 0.15) is 5.56 Å². The lowest BCUT2D eigenvalue weighted by atomic mass is 10.0. The molecule has 6 aromatic rings. The number of aromatic nitrogens is 6. The second-order valence-electron chi connectivity index (χ2n) is 8.99. The minimum Gasteiger partial charge on any atom is -0.508 e. The van der Waals surface area contributed by atoms with Crippen LogP contribution in [0.3, 0.4) is 0 Å². The number of phenols is 1. The predicted octanol–water partition coefficient (Wildman–Crippen LogP) is 5.14. The molecule has 9 heteroatoms. The standard InChI is InChI=1S/C27H22FN7O/c1-35(2)14-15-7-17(13-29-12-15)22-3-4-23-25(31-22)26(34-33-23)24-11-21-20(5-6-30-27(21)32-24)16-8-18(28)10-19(36)9-16/h3-13,36H,14H2,1-2H3,(H,30,32)(H,33,34). The van der Waals surface area contributed by atoms with Gasteiger partial charge in [-0.3, -0.25) is 10.1 Å². The molecule has 1 aromatic carbocycles. The fraction of sp³-hybridized carbons (Fsp3) is 0.111. The second kappa shape index (κ2) is 8.54. The normalized spacial score (nSPS) is 11.7. The summed E-state index contributed by atoms with van der Waals surface area (Å²) in [5, 5.41) is 18.2. The third kappa shape index (κ3) is 3.95. The molecule has 0 radical (unpaired) electrons. The van der Waals surface area contributed by atoms with Crippen molar-refractivity contribution in [2.24, 2.45) is 0 Å². The summed E-state index contributed by atoms with van der Waals surface area (Å²) in [7, 11) is 4.04. The number of rotatable bonds is 5. The lowest BCUT2D eigenvalue weighted by Crippen LogP contribution is -2.10. The van der Waals surface area contributed by atoms with E-state index in [0.717, 1.165) is 51.6 Å².